The van der Waals surface area contributed by atoms with Crippen molar-refractivity contribution in [1.29, 1.82) is 0 Å². The first-order valence-corrected chi connectivity index (χ1v) is 6.80. The third kappa shape index (κ3) is 2.98. The third-order valence-corrected chi connectivity index (χ3v) is 3.52. The molecule has 1 N–H and O–H groups in total. The minimum atomic E-state index is -0.187. The van der Waals surface area contributed by atoms with E-state index >= 15 is 0 Å². The molecule has 2 rings (SSSR count). The number of nitrogens with zero attached hydrogens (tertiary/aromatic N) is 1. The van der Waals surface area contributed by atoms with Gasteiger partial charge in [-0.1, -0.05) is 19.9 Å². The van der Waals surface area contributed by atoms with Gasteiger partial charge in [-0.05, 0) is 23.8 Å². The molecular weight excluding hydrogens is 248 g/mol. The molecule has 18 heavy (non-hydrogen) atoms. The second-order valence-electron chi connectivity index (χ2n) is 4.31. The summed E-state index contributed by atoms with van der Waals surface area (Å²) in [7, 11) is 0. The normalized spacial score (nSPS) is 10.8. The second kappa shape index (κ2) is 5.82. The van der Waals surface area contributed by atoms with E-state index in [0.29, 0.717) is 18.0 Å². The molecule has 0 atom stereocenters. The van der Waals surface area contributed by atoms with Crippen LogP contribution in [0, 0.1) is 0 Å². The van der Waals surface area contributed by atoms with E-state index in [-0.39, 0.29) is 11.8 Å². The molecule has 0 saturated carbocycles. The van der Waals surface area contributed by atoms with E-state index in [2.05, 4.69) is 16.4 Å². The van der Waals surface area contributed by atoms with Gasteiger partial charge >= 0.3 is 0 Å². The van der Waals surface area contributed by atoms with E-state index in [0.717, 1.165) is 6.42 Å². The predicted molar refractivity (Wildman–Crippen MR) is 70.9 cm³/mol. The Balaban J connectivity index is 1.89. The summed E-state index contributed by atoms with van der Waals surface area (Å²) in [5.74, 6) is 0.325. The highest BCUT2D eigenvalue weighted by Gasteiger charge is 2.18. The number of carbonyl (C=O) groups excluding carboxylic acids is 1. The number of hydrogen-bond acceptors (Lipinski definition) is 4. The molecule has 0 bridgehead atoms. The lowest BCUT2D eigenvalue weighted by Crippen LogP contribution is -2.26. The van der Waals surface area contributed by atoms with Gasteiger partial charge in [0.1, 0.15) is 0 Å². The second-order valence-corrected chi connectivity index (χ2v) is 5.34. The van der Waals surface area contributed by atoms with E-state index < -0.39 is 0 Å². The van der Waals surface area contributed by atoms with E-state index in [9.17, 15) is 4.79 Å². The number of thiophene rings is 1. The summed E-state index contributed by atoms with van der Waals surface area (Å²) in [6.45, 7) is 4.58. The molecule has 0 aliphatic heterocycles. The first-order valence-electron chi connectivity index (χ1n) is 5.92. The van der Waals surface area contributed by atoms with Gasteiger partial charge < -0.3 is 9.73 Å². The van der Waals surface area contributed by atoms with Crippen molar-refractivity contribution in [3.63, 3.8) is 0 Å². The average molecular weight is 264 g/mol. The Bertz CT molecular complexity index is 503. The molecule has 4 nitrogen and oxygen atoms in total. The minimum absolute atomic E-state index is 0.182. The van der Waals surface area contributed by atoms with Crippen molar-refractivity contribution in [1.82, 2.24) is 10.3 Å². The molecule has 0 aliphatic carbocycles. The Morgan fingerprint density at radius 1 is 1.56 bits per heavy atom. The number of oxazole rings is 1. The van der Waals surface area contributed by atoms with Crippen molar-refractivity contribution in [2.75, 3.05) is 6.54 Å². The summed E-state index contributed by atoms with van der Waals surface area (Å²) in [5, 5.41) is 4.88. The molecule has 0 radical (unpaired) electrons. The van der Waals surface area contributed by atoms with Crippen molar-refractivity contribution >= 4 is 17.2 Å². The van der Waals surface area contributed by atoms with Crippen LogP contribution in [0.2, 0.25) is 0 Å². The van der Waals surface area contributed by atoms with Crippen LogP contribution in [0.5, 0.6) is 0 Å². The highest BCUT2D eigenvalue weighted by atomic mass is 32.1. The quantitative estimate of drug-likeness (QED) is 0.903. The van der Waals surface area contributed by atoms with Gasteiger partial charge in [0.15, 0.2) is 6.39 Å². The summed E-state index contributed by atoms with van der Waals surface area (Å²) < 4.78 is 5.15. The molecule has 0 aromatic carbocycles. The van der Waals surface area contributed by atoms with Crippen molar-refractivity contribution in [3.8, 4) is 0 Å². The van der Waals surface area contributed by atoms with Gasteiger partial charge in [0, 0.05) is 11.4 Å². The molecule has 0 saturated heterocycles. The maximum absolute atomic E-state index is 11.9. The van der Waals surface area contributed by atoms with Crippen LogP contribution in [-0.4, -0.2) is 17.4 Å². The fourth-order valence-electron chi connectivity index (χ4n) is 1.67. The molecule has 96 valence electrons. The van der Waals surface area contributed by atoms with Gasteiger partial charge in [0.25, 0.3) is 5.91 Å². The van der Waals surface area contributed by atoms with Crippen LogP contribution < -0.4 is 5.32 Å². The Morgan fingerprint density at radius 2 is 2.39 bits per heavy atom. The van der Waals surface area contributed by atoms with Crippen molar-refractivity contribution in [2.45, 2.75) is 26.2 Å². The Morgan fingerprint density at radius 3 is 3.06 bits per heavy atom. The van der Waals surface area contributed by atoms with Crippen LogP contribution in [-0.2, 0) is 6.42 Å². The lowest BCUT2D eigenvalue weighted by Gasteiger charge is -2.05. The number of rotatable bonds is 5. The summed E-state index contributed by atoms with van der Waals surface area (Å²) in [6.07, 6.45) is 2.16. The van der Waals surface area contributed by atoms with Crippen LogP contribution in [0.1, 0.15) is 40.9 Å². The summed E-state index contributed by atoms with van der Waals surface area (Å²) in [4.78, 5) is 17.2. The van der Waals surface area contributed by atoms with Gasteiger partial charge in [-0.25, -0.2) is 4.98 Å². The van der Waals surface area contributed by atoms with Gasteiger partial charge in [-0.15, -0.1) is 11.3 Å². The third-order valence-electron chi connectivity index (χ3n) is 2.59. The zero-order valence-electron chi connectivity index (χ0n) is 10.5. The first-order chi connectivity index (χ1) is 8.68. The predicted octanol–water partition coefficient (Wildman–Crippen LogP) is 2.83. The fourth-order valence-corrected chi connectivity index (χ4v) is 2.38. The van der Waals surface area contributed by atoms with Crippen molar-refractivity contribution in [2.24, 2.45) is 0 Å². The van der Waals surface area contributed by atoms with Gasteiger partial charge in [-0.3, -0.25) is 4.79 Å². The van der Waals surface area contributed by atoms with E-state index in [4.69, 9.17) is 4.42 Å². The molecule has 0 fully saturated rings. The van der Waals surface area contributed by atoms with E-state index in [1.54, 1.807) is 11.3 Å². The molecule has 2 aromatic heterocycles. The number of aromatic nitrogens is 1. The first kappa shape index (κ1) is 12.8. The number of amides is 1. The fraction of sp³-hybridized carbons (Fsp3) is 0.385. The molecule has 0 unspecified atom stereocenters. The standard InChI is InChI=1S/C13H16N2O2S/c1-9(2)11-12(17-8-15-11)13(16)14-6-5-10-4-3-7-18-10/h3-4,7-9H,5-6H2,1-2H3,(H,14,16). The molecular formula is C13H16N2O2S. The van der Waals surface area contributed by atoms with Gasteiger partial charge in [0.05, 0.1) is 5.69 Å². The smallest absolute Gasteiger partial charge is 0.289 e. The summed E-state index contributed by atoms with van der Waals surface area (Å²) in [5.41, 5.74) is 0.712. The van der Waals surface area contributed by atoms with Crippen molar-refractivity contribution in [3.05, 3.63) is 40.2 Å². The SMILES string of the molecule is CC(C)c1ncoc1C(=O)NCCc1cccs1. The zero-order valence-corrected chi connectivity index (χ0v) is 11.3. The topological polar surface area (TPSA) is 55.1 Å². The lowest BCUT2D eigenvalue weighted by molar-refractivity contribution is 0.0924. The number of hydrogen-bond donors (Lipinski definition) is 1. The molecule has 2 heterocycles. The summed E-state index contributed by atoms with van der Waals surface area (Å²) in [6, 6.07) is 4.07. The maximum atomic E-state index is 11.9. The number of carbonyl (C=O) groups is 1. The highest BCUT2D eigenvalue weighted by Crippen LogP contribution is 2.17. The van der Waals surface area contributed by atoms with Crippen LogP contribution in [0.15, 0.2) is 28.3 Å². The molecule has 1 amide bonds. The summed E-state index contributed by atoms with van der Waals surface area (Å²) >= 11 is 1.69. The van der Waals surface area contributed by atoms with Crippen molar-refractivity contribution < 1.29 is 9.21 Å². The van der Waals surface area contributed by atoms with Crippen LogP contribution in [0.4, 0.5) is 0 Å². The number of nitrogens with one attached hydrogen (secondary N) is 1. The van der Waals surface area contributed by atoms with E-state index in [1.807, 2.05) is 25.3 Å². The van der Waals surface area contributed by atoms with E-state index in [1.165, 1.54) is 11.3 Å². The Labute approximate surface area is 110 Å². The van der Waals surface area contributed by atoms with Crippen LogP contribution >= 0.6 is 11.3 Å². The average Bonchev–Trinajstić information content (AvgIpc) is 2.99. The zero-order chi connectivity index (χ0) is 13.0. The monoisotopic (exact) mass is 264 g/mol. The molecule has 0 aliphatic rings. The lowest BCUT2D eigenvalue weighted by atomic mass is 10.1. The van der Waals surface area contributed by atoms with Gasteiger partial charge in [0.2, 0.25) is 5.76 Å². The Hall–Kier alpha value is -1.62. The largest absolute Gasteiger partial charge is 0.438 e. The maximum Gasteiger partial charge on any atom is 0.289 e. The highest BCUT2D eigenvalue weighted by molar-refractivity contribution is 7.09. The molecule has 5 heteroatoms. The Kier molecular flexibility index (Phi) is 4.15. The van der Waals surface area contributed by atoms with Gasteiger partial charge in [-0.2, -0.15) is 0 Å². The molecule has 0 spiro atoms. The minimum Gasteiger partial charge on any atom is -0.438 e. The van der Waals surface area contributed by atoms with Crippen LogP contribution in [0.25, 0.3) is 0 Å². The molecule has 2 aromatic rings. The van der Waals surface area contributed by atoms with Crippen LogP contribution in [0.3, 0.4) is 0 Å².